The van der Waals surface area contributed by atoms with Gasteiger partial charge in [0.05, 0.1) is 5.75 Å². The minimum absolute atomic E-state index is 0.00402. The topological polar surface area (TPSA) is 101 Å². The van der Waals surface area contributed by atoms with Crippen LogP contribution in [0.5, 0.6) is 0 Å². The molecule has 0 rings (SSSR count). The Morgan fingerprint density at radius 3 is 2.50 bits per heavy atom. The minimum Gasteiger partial charge on any atom is -0.355 e. The SMILES string of the molecule is CCS(=O)(=O)NCCNC(=O)CCC(C)N. The Balaban J connectivity index is 3.56. The molecule has 0 fully saturated rings. The summed E-state index contributed by atoms with van der Waals surface area (Å²) in [6.07, 6.45) is 1.00. The molecule has 0 aliphatic heterocycles. The molecular formula is C9H21N3O3S. The number of sulfonamides is 1. The number of carbonyl (C=O) groups excluding carboxylic acids is 1. The van der Waals surface area contributed by atoms with Crippen molar-refractivity contribution in [2.24, 2.45) is 5.73 Å². The van der Waals surface area contributed by atoms with Crippen LogP contribution in [-0.2, 0) is 14.8 Å². The van der Waals surface area contributed by atoms with Crippen LogP contribution in [0, 0.1) is 0 Å². The molecule has 0 bridgehead atoms. The highest BCUT2D eigenvalue weighted by molar-refractivity contribution is 7.89. The fourth-order valence-electron chi connectivity index (χ4n) is 0.958. The first-order chi connectivity index (χ1) is 7.37. The van der Waals surface area contributed by atoms with Gasteiger partial charge in [-0.2, -0.15) is 0 Å². The first-order valence-electron chi connectivity index (χ1n) is 5.37. The normalized spacial score (nSPS) is 13.4. The number of amides is 1. The quantitative estimate of drug-likeness (QED) is 0.490. The first-order valence-corrected chi connectivity index (χ1v) is 7.02. The van der Waals surface area contributed by atoms with Crippen molar-refractivity contribution in [1.29, 1.82) is 0 Å². The van der Waals surface area contributed by atoms with Gasteiger partial charge in [0.1, 0.15) is 0 Å². The van der Waals surface area contributed by atoms with Crippen molar-refractivity contribution in [3.63, 3.8) is 0 Å². The van der Waals surface area contributed by atoms with Gasteiger partial charge in [-0.3, -0.25) is 4.79 Å². The second kappa shape index (κ2) is 7.59. The number of hydrogen-bond donors (Lipinski definition) is 3. The van der Waals surface area contributed by atoms with Gasteiger partial charge >= 0.3 is 0 Å². The van der Waals surface area contributed by atoms with Crippen LogP contribution in [0.4, 0.5) is 0 Å². The fraction of sp³-hybridized carbons (Fsp3) is 0.889. The summed E-state index contributed by atoms with van der Waals surface area (Å²) in [7, 11) is -3.16. The van der Waals surface area contributed by atoms with Crippen molar-refractivity contribution < 1.29 is 13.2 Å². The van der Waals surface area contributed by atoms with E-state index < -0.39 is 10.0 Å². The third-order valence-corrected chi connectivity index (χ3v) is 3.38. The van der Waals surface area contributed by atoms with Gasteiger partial charge in [0, 0.05) is 25.6 Å². The summed E-state index contributed by atoms with van der Waals surface area (Å²) in [5.41, 5.74) is 5.50. The Kier molecular flexibility index (Phi) is 7.27. The predicted octanol–water partition coefficient (Wildman–Crippen LogP) is -0.831. The lowest BCUT2D eigenvalue weighted by Crippen LogP contribution is -2.35. The molecule has 7 heteroatoms. The lowest BCUT2D eigenvalue weighted by molar-refractivity contribution is -0.121. The molecule has 0 radical (unpaired) electrons. The Labute approximate surface area is 97.0 Å². The van der Waals surface area contributed by atoms with Gasteiger partial charge in [0.25, 0.3) is 0 Å². The summed E-state index contributed by atoms with van der Waals surface area (Å²) in [4.78, 5) is 11.2. The molecule has 0 saturated heterocycles. The molecule has 0 heterocycles. The van der Waals surface area contributed by atoms with E-state index in [9.17, 15) is 13.2 Å². The Bertz CT molecular complexity index is 301. The van der Waals surface area contributed by atoms with Crippen molar-refractivity contribution >= 4 is 15.9 Å². The van der Waals surface area contributed by atoms with Crippen LogP contribution in [0.15, 0.2) is 0 Å². The number of rotatable bonds is 8. The molecule has 1 amide bonds. The largest absolute Gasteiger partial charge is 0.355 e. The molecule has 0 spiro atoms. The smallest absolute Gasteiger partial charge is 0.220 e. The molecule has 0 saturated carbocycles. The van der Waals surface area contributed by atoms with Crippen LogP contribution in [-0.4, -0.2) is 39.2 Å². The molecule has 6 nitrogen and oxygen atoms in total. The molecule has 0 aromatic rings. The highest BCUT2D eigenvalue weighted by Gasteiger charge is 2.06. The maximum absolute atomic E-state index is 11.2. The second-order valence-electron chi connectivity index (χ2n) is 3.66. The average Bonchev–Trinajstić information content (AvgIpc) is 2.21. The standard InChI is InChI=1S/C9H21N3O3S/c1-3-16(14,15)12-7-6-11-9(13)5-4-8(2)10/h8,12H,3-7,10H2,1-2H3,(H,11,13). The van der Waals surface area contributed by atoms with Gasteiger partial charge < -0.3 is 11.1 Å². The summed E-state index contributed by atoms with van der Waals surface area (Å²) in [6, 6.07) is 0.00402. The molecule has 0 aliphatic carbocycles. The van der Waals surface area contributed by atoms with Gasteiger partial charge in [-0.1, -0.05) is 0 Å². The molecule has 0 aromatic carbocycles. The monoisotopic (exact) mass is 251 g/mol. The highest BCUT2D eigenvalue weighted by Crippen LogP contribution is 1.92. The summed E-state index contributed by atoms with van der Waals surface area (Å²) in [5.74, 6) is -0.0565. The van der Waals surface area contributed by atoms with Crippen LogP contribution >= 0.6 is 0 Å². The van der Waals surface area contributed by atoms with Gasteiger partial charge in [-0.05, 0) is 20.3 Å². The van der Waals surface area contributed by atoms with Gasteiger partial charge in [0.15, 0.2) is 0 Å². The Morgan fingerprint density at radius 2 is 2.00 bits per heavy atom. The fourth-order valence-corrected chi connectivity index (χ4v) is 1.57. The highest BCUT2D eigenvalue weighted by atomic mass is 32.2. The van der Waals surface area contributed by atoms with Gasteiger partial charge in [0.2, 0.25) is 15.9 Å². The number of nitrogens with two attached hydrogens (primary N) is 1. The van der Waals surface area contributed by atoms with E-state index in [0.717, 1.165) is 0 Å². The maximum Gasteiger partial charge on any atom is 0.220 e. The van der Waals surface area contributed by atoms with Crippen molar-refractivity contribution in [2.75, 3.05) is 18.8 Å². The molecule has 16 heavy (non-hydrogen) atoms. The maximum atomic E-state index is 11.2. The van der Waals surface area contributed by atoms with E-state index in [1.54, 1.807) is 6.92 Å². The summed E-state index contributed by atoms with van der Waals surface area (Å²) in [5, 5.41) is 2.61. The molecule has 1 unspecified atom stereocenters. The Morgan fingerprint density at radius 1 is 1.38 bits per heavy atom. The molecule has 1 atom stereocenters. The minimum atomic E-state index is -3.16. The van der Waals surface area contributed by atoms with Crippen molar-refractivity contribution in [3.05, 3.63) is 0 Å². The first kappa shape index (κ1) is 15.3. The molecule has 96 valence electrons. The van der Waals surface area contributed by atoms with E-state index in [1.807, 2.05) is 6.92 Å². The van der Waals surface area contributed by atoms with Crippen molar-refractivity contribution in [2.45, 2.75) is 32.7 Å². The van der Waals surface area contributed by atoms with Crippen LogP contribution < -0.4 is 15.8 Å². The summed E-state index contributed by atoms with van der Waals surface area (Å²) >= 11 is 0. The second-order valence-corrected chi connectivity index (χ2v) is 5.76. The summed E-state index contributed by atoms with van der Waals surface area (Å²) in [6.45, 7) is 3.92. The van der Waals surface area contributed by atoms with E-state index in [2.05, 4.69) is 10.0 Å². The predicted molar refractivity (Wildman–Crippen MR) is 63.4 cm³/mol. The zero-order valence-corrected chi connectivity index (χ0v) is 10.6. The zero-order chi connectivity index (χ0) is 12.6. The Hall–Kier alpha value is -0.660. The van der Waals surface area contributed by atoms with Crippen LogP contribution in [0.1, 0.15) is 26.7 Å². The molecule has 0 aliphatic rings. The van der Waals surface area contributed by atoms with E-state index in [0.29, 0.717) is 19.4 Å². The van der Waals surface area contributed by atoms with Gasteiger partial charge in [-0.25, -0.2) is 13.1 Å². The average molecular weight is 251 g/mol. The van der Waals surface area contributed by atoms with Gasteiger partial charge in [-0.15, -0.1) is 0 Å². The van der Waals surface area contributed by atoms with Crippen LogP contribution in [0.25, 0.3) is 0 Å². The number of hydrogen-bond acceptors (Lipinski definition) is 4. The van der Waals surface area contributed by atoms with Crippen LogP contribution in [0.2, 0.25) is 0 Å². The lowest BCUT2D eigenvalue weighted by atomic mass is 10.2. The third kappa shape index (κ3) is 8.63. The van der Waals surface area contributed by atoms with Crippen molar-refractivity contribution in [3.8, 4) is 0 Å². The van der Waals surface area contributed by atoms with Crippen LogP contribution in [0.3, 0.4) is 0 Å². The lowest BCUT2D eigenvalue weighted by Gasteiger charge is -2.07. The van der Waals surface area contributed by atoms with E-state index in [-0.39, 0.29) is 24.2 Å². The van der Waals surface area contributed by atoms with E-state index in [1.165, 1.54) is 0 Å². The van der Waals surface area contributed by atoms with Crippen molar-refractivity contribution in [1.82, 2.24) is 10.0 Å². The zero-order valence-electron chi connectivity index (χ0n) is 9.82. The third-order valence-electron chi connectivity index (χ3n) is 1.98. The summed E-state index contributed by atoms with van der Waals surface area (Å²) < 4.78 is 24.4. The molecule has 4 N–H and O–H groups in total. The number of carbonyl (C=O) groups is 1. The molecule has 0 aromatic heterocycles. The van der Waals surface area contributed by atoms with E-state index >= 15 is 0 Å². The number of nitrogens with one attached hydrogen (secondary N) is 2. The molecular weight excluding hydrogens is 230 g/mol. The van der Waals surface area contributed by atoms with E-state index in [4.69, 9.17) is 5.73 Å².